The van der Waals surface area contributed by atoms with Crippen LogP contribution in [-0.2, 0) is 19.9 Å². The molecule has 7 heteroatoms. The molecule has 2 aliphatic rings. The Morgan fingerprint density at radius 2 is 2.14 bits per heavy atom. The van der Waals surface area contributed by atoms with Crippen molar-refractivity contribution in [2.24, 2.45) is 0 Å². The number of hydrogen-bond donors (Lipinski definition) is 2. The van der Waals surface area contributed by atoms with E-state index < -0.39 is 11.7 Å². The lowest BCUT2D eigenvalue weighted by molar-refractivity contribution is -0.147. The van der Waals surface area contributed by atoms with Crippen molar-refractivity contribution in [1.29, 1.82) is 0 Å². The van der Waals surface area contributed by atoms with E-state index in [1.165, 1.54) is 0 Å². The van der Waals surface area contributed by atoms with E-state index in [9.17, 15) is 4.79 Å². The first-order valence-corrected chi connectivity index (χ1v) is 9.63. The highest BCUT2D eigenvalue weighted by molar-refractivity contribution is 5.83. The van der Waals surface area contributed by atoms with Gasteiger partial charge in [0.25, 0.3) is 5.91 Å². The fourth-order valence-electron chi connectivity index (χ4n) is 4.15. The smallest absolute Gasteiger partial charge is 0.253 e. The molecule has 1 fully saturated rings. The minimum absolute atomic E-state index is 0.110. The van der Waals surface area contributed by atoms with Crippen LogP contribution in [0.4, 0.5) is 11.5 Å². The van der Waals surface area contributed by atoms with Gasteiger partial charge in [-0.25, -0.2) is 4.98 Å². The lowest BCUT2D eigenvalue weighted by atomic mass is 9.83. The number of hydrogen-bond acceptors (Lipinski definition) is 6. The van der Waals surface area contributed by atoms with E-state index in [-0.39, 0.29) is 5.91 Å². The van der Waals surface area contributed by atoms with Crippen molar-refractivity contribution in [3.05, 3.63) is 53.7 Å². The van der Waals surface area contributed by atoms with Crippen molar-refractivity contribution in [2.75, 3.05) is 44.0 Å². The van der Waals surface area contributed by atoms with Crippen LogP contribution in [0.3, 0.4) is 0 Å². The molecule has 0 bridgehead atoms. The van der Waals surface area contributed by atoms with Gasteiger partial charge in [-0.1, -0.05) is 24.3 Å². The topological polar surface area (TPSA) is 89.7 Å². The lowest BCUT2D eigenvalue weighted by Gasteiger charge is -2.40. The minimum Gasteiger partial charge on any atom is -0.399 e. The Morgan fingerprint density at radius 3 is 2.89 bits per heavy atom. The standard InChI is InChI=1S/C21H26N4O3/c1-27-13-10-24-20(26)19-16-4-2-3-5-17(16)21(28-19)7-11-25(12-8-21)18-14-15(22)6-9-23-18/h2-6,9,14,19H,7-8,10-13H2,1H3,(H2,22,23)(H,24,26). The average Bonchev–Trinajstić information content (AvgIpc) is 3.03. The molecule has 3 N–H and O–H groups in total. The molecule has 1 atom stereocenters. The number of benzene rings is 1. The van der Waals surface area contributed by atoms with Gasteiger partial charge in [0.1, 0.15) is 5.82 Å². The number of methoxy groups -OCH3 is 1. The molecule has 3 heterocycles. The summed E-state index contributed by atoms with van der Waals surface area (Å²) in [4.78, 5) is 19.4. The summed E-state index contributed by atoms with van der Waals surface area (Å²) < 4.78 is 11.5. The number of piperidine rings is 1. The molecular formula is C21H26N4O3. The third kappa shape index (κ3) is 3.43. The van der Waals surface area contributed by atoms with E-state index in [0.29, 0.717) is 18.8 Å². The van der Waals surface area contributed by atoms with Gasteiger partial charge >= 0.3 is 0 Å². The zero-order valence-corrected chi connectivity index (χ0v) is 16.1. The lowest BCUT2D eigenvalue weighted by Crippen LogP contribution is -2.43. The van der Waals surface area contributed by atoms with Gasteiger partial charge in [-0.2, -0.15) is 0 Å². The van der Waals surface area contributed by atoms with Crippen LogP contribution >= 0.6 is 0 Å². The number of ether oxygens (including phenoxy) is 2. The molecule has 1 saturated heterocycles. The largest absolute Gasteiger partial charge is 0.399 e. The predicted molar refractivity (Wildman–Crippen MR) is 107 cm³/mol. The van der Waals surface area contributed by atoms with Gasteiger partial charge in [0, 0.05) is 44.7 Å². The van der Waals surface area contributed by atoms with Crippen LogP contribution < -0.4 is 16.0 Å². The zero-order chi connectivity index (χ0) is 19.6. The number of carbonyl (C=O) groups is 1. The van der Waals surface area contributed by atoms with Gasteiger partial charge < -0.3 is 25.4 Å². The number of anilines is 2. The first-order valence-electron chi connectivity index (χ1n) is 9.63. The molecule has 0 aliphatic carbocycles. The second-order valence-electron chi connectivity index (χ2n) is 7.30. The van der Waals surface area contributed by atoms with E-state index in [4.69, 9.17) is 15.2 Å². The van der Waals surface area contributed by atoms with Gasteiger partial charge in [0.2, 0.25) is 0 Å². The van der Waals surface area contributed by atoms with Crippen molar-refractivity contribution in [3.8, 4) is 0 Å². The molecule has 1 amide bonds. The summed E-state index contributed by atoms with van der Waals surface area (Å²) in [5.74, 6) is 0.774. The quantitative estimate of drug-likeness (QED) is 0.769. The third-order valence-electron chi connectivity index (χ3n) is 5.59. The van der Waals surface area contributed by atoms with Gasteiger partial charge in [-0.15, -0.1) is 0 Å². The van der Waals surface area contributed by atoms with Gasteiger partial charge in [-0.05, 0) is 30.0 Å². The maximum atomic E-state index is 12.7. The molecule has 1 spiro atoms. The Bertz CT molecular complexity index is 849. The predicted octanol–water partition coefficient (Wildman–Crippen LogP) is 1.99. The molecule has 1 aromatic carbocycles. The summed E-state index contributed by atoms with van der Waals surface area (Å²) in [7, 11) is 1.62. The summed E-state index contributed by atoms with van der Waals surface area (Å²) in [6, 6.07) is 11.7. The van der Waals surface area contributed by atoms with Crippen LogP contribution in [0.1, 0.15) is 30.1 Å². The Morgan fingerprint density at radius 1 is 1.36 bits per heavy atom. The van der Waals surface area contributed by atoms with E-state index >= 15 is 0 Å². The number of amides is 1. The number of nitrogens with one attached hydrogen (secondary N) is 1. The van der Waals surface area contributed by atoms with Crippen LogP contribution in [0.2, 0.25) is 0 Å². The van der Waals surface area contributed by atoms with Crippen molar-refractivity contribution >= 4 is 17.4 Å². The Hall–Kier alpha value is -2.64. The van der Waals surface area contributed by atoms with Crippen molar-refractivity contribution < 1.29 is 14.3 Å². The van der Waals surface area contributed by atoms with Crippen molar-refractivity contribution in [2.45, 2.75) is 24.5 Å². The highest BCUT2D eigenvalue weighted by Gasteiger charge is 2.48. The summed E-state index contributed by atoms with van der Waals surface area (Å²) in [6.07, 6.45) is 2.74. The number of nitrogens with two attached hydrogens (primary N) is 1. The highest BCUT2D eigenvalue weighted by Crippen LogP contribution is 2.49. The summed E-state index contributed by atoms with van der Waals surface area (Å²) in [5, 5.41) is 2.91. The Kier molecular flexibility index (Phi) is 5.19. The zero-order valence-electron chi connectivity index (χ0n) is 16.1. The van der Waals surface area contributed by atoms with Crippen molar-refractivity contribution in [3.63, 3.8) is 0 Å². The second kappa shape index (κ2) is 7.77. The molecule has 0 radical (unpaired) electrons. The molecule has 28 heavy (non-hydrogen) atoms. The molecule has 7 nitrogen and oxygen atoms in total. The van der Waals surface area contributed by atoms with Crippen LogP contribution in [0.15, 0.2) is 42.6 Å². The minimum atomic E-state index is -0.579. The average molecular weight is 382 g/mol. The third-order valence-corrected chi connectivity index (χ3v) is 5.59. The van der Waals surface area contributed by atoms with Crippen LogP contribution in [0.5, 0.6) is 0 Å². The fourth-order valence-corrected chi connectivity index (χ4v) is 4.15. The maximum absolute atomic E-state index is 12.7. The van der Waals surface area contributed by atoms with E-state index in [2.05, 4.69) is 21.3 Å². The van der Waals surface area contributed by atoms with Crippen LogP contribution in [0.25, 0.3) is 0 Å². The summed E-state index contributed by atoms with van der Waals surface area (Å²) in [5.41, 5.74) is 8.27. The molecule has 1 aromatic heterocycles. The molecule has 0 saturated carbocycles. The number of aromatic nitrogens is 1. The number of carbonyl (C=O) groups excluding carboxylic acids is 1. The number of rotatable bonds is 5. The molecule has 4 rings (SSSR count). The first-order chi connectivity index (χ1) is 13.6. The highest BCUT2D eigenvalue weighted by atomic mass is 16.5. The maximum Gasteiger partial charge on any atom is 0.253 e. The van der Waals surface area contributed by atoms with Crippen LogP contribution in [-0.4, -0.2) is 44.2 Å². The van der Waals surface area contributed by atoms with Gasteiger partial charge in [0.05, 0.1) is 12.2 Å². The summed E-state index contributed by atoms with van der Waals surface area (Å²) >= 11 is 0. The molecule has 1 unspecified atom stereocenters. The molecule has 2 aromatic rings. The Balaban J connectivity index is 1.52. The fraction of sp³-hybridized carbons (Fsp3) is 0.429. The normalized spacial score (nSPS) is 20.2. The number of fused-ring (bicyclic) bond motifs is 2. The first kappa shape index (κ1) is 18.7. The SMILES string of the molecule is COCCNC(=O)C1OC2(CCN(c3cc(N)ccn3)CC2)c2ccccc21. The van der Waals surface area contributed by atoms with Crippen LogP contribution in [0, 0.1) is 0 Å². The second-order valence-corrected chi connectivity index (χ2v) is 7.30. The number of pyridine rings is 1. The number of nitrogen functional groups attached to an aromatic ring is 1. The number of nitrogens with zero attached hydrogens (tertiary/aromatic N) is 2. The monoisotopic (exact) mass is 382 g/mol. The van der Waals surface area contributed by atoms with E-state index in [1.807, 2.05) is 24.3 Å². The van der Waals surface area contributed by atoms with E-state index in [1.54, 1.807) is 19.4 Å². The van der Waals surface area contributed by atoms with Crippen molar-refractivity contribution in [1.82, 2.24) is 10.3 Å². The van der Waals surface area contributed by atoms with Gasteiger partial charge in [0.15, 0.2) is 6.10 Å². The molecular weight excluding hydrogens is 356 g/mol. The Labute approximate surface area is 164 Å². The molecule has 148 valence electrons. The van der Waals surface area contributed by atoms with Gasteiger partial charge in [-0.3, -0.25) is 4.79 Å². The summed E-state index contributed by atoms with van der Waals surface area (Å²) in [6.45, 7) is 2.54. The van der Waals surface area contributed by atoms with E-state index in [0.717, 1.165) is 42.9 Å². The molecule has 2 aliphatic heterocycles.